The molecule has 0 unspecified atom stereocenters. The number of fused-ring (bicyclic) bond motifs is 3. The molecule has 2 N–H and O–H groups in total. The molecule has 0 atom stereocenters. The number of nitrogens with two attached hydrogens (primary N) is 1. The molecular formula is C22H20ClN7O. The highest BCUT2D eigenvalue weighted by atomic mass is 35.5. The number of amides is 1. The number of aryl methyl sites for hydroxylation is 2. The van der Waals surface area contributed by atoms with Gasteiger partial charge in [0.1, 0.15) is 11.5 Å². The standard InChI is InChI=1S/C22H20ClN7O/c1-14-25-26-22-6-5-18-20(30(14)22)12-19(17-7-9-28(27-17)10-8-21(24)31)29(18)13-15-3-2-4-16(23)11-15/h2-7,9,11-12H,8,10,13H2,1H3,(H2,24,31). The van der Waals surface area contributed by atoms with Gasteiger partial charge < -0.3 is 10.3 Å². The summed E-state index contributed by atoms with van der Waals surface area (Å²) in [5, 5.41) is 13.8. The Morgan fingerprint density at radius 2 is 1.97 bits per heavy atom. The van der Waals surface area contributed by atoms with Gasteiger partial charge in [-0.15, -0.1) is 10.2 Å². The van der Waals surface area contributed by atoms with Crippen LogP contribution in [0.1, 0.15) is 17.8 Å². The molecule has 1 amide bonds. The molecule has 0 saturated heterocycles. The number of pyridine rings is 1. The molecule has 0 radical (unpaired) electrons. The molecule has 4 heterocycles. The van der Waals surface area contributed by atoms with Gasteiger partial charge in [-0.1, -0.05) is 23.7 Å². The number of hydrogen-bond donors (Lipinski definition) is 1. The second kappa shape index (κ2) is 7.55. The van der Waals surface area contributed by atoms with Crippen molar-refractivity contribution in [2.45, 2.75) is 26.4 Å². The molecule has 1 aromatic carbocycles. The zero-order valence-corrected chi connectivity index (χ0v) is 17.6. The smallest absolute Gasteiger partial charge is 0.219 e. The predicted molar refractivity (Wildman–Crippen MR) is 119 cm³/mol. The van der Waals surface area contributed by atoms with Gasteiger partial charge in [0, 0.05) is 30.7 Å². The van der Waals surface area contributed by atoms with Crippen LogP contribution in [0.25, 0.3) is 28.1 Å². The maximum absolute atomic E-state index is 11.1. The minimum atomic E-state index is -0.349. The summed E-state index contributed by atoms with van der Waals surface area (Å²) in [4.78, 5) is 11.1. The van der Waals surface area contributed by atoms with Crippen LogP contribution in [0.3, 0.4) is 0 Å². The van der Waals surface area contributed by atoms with Gasteiger partial charge >= 0.3 is 0 Å². The molecule has 8 nitrogen and oxygen atoms in total. The first-order valence-electron chi connectivity index (χ1n) is 9.90. The van der Waals surface area contributed by atoms with Gasteiger partial charge in [-0.25, -0.2) is 0 Å². The maximum Gasteiger partial charge on any atom is 0.219 e. The van der Waals surface area contributed by atoms with Gasteiger partial charge in [-0.3, -0.25) is 13.9 Å². The Morgan fingerprint density at radius 3 is 2.77 bits per heavy atom. The van der Waals surface area contributed by atoms with Crippen LogP contribution in [0.5, 0.6) is 0 Å². The van der Waals surface area contributed by atoms with E-state index in [1.807, 2.05) is 47.9 Å². The van der Waals surface area contributed by atoms with E-state index in [0.29, 0.717) is 18.1 Å². The zero-order valence-electron chi connectivity index (χ0n) is 16.9. The largest absolute Gasteiger partial charge is 0.370 e. The Balaban J connectivity index is 1.67. The third-order valence-electron chi connectivity index (χ3n) is 5.32. The summed E-state index contributed by atoms with van der Waals surface area (Å²) in [6.07, 6.45) is 2.10. The molecule has 0 bridgehead atoms. The van der Waals surface area contributed by atoms with E-state index in [0.717, 1.165) is 39.5 Å². The van der Waals surface area contributed by atoms with Crippen molar-refractivity contribution in [1.29, 1.82) is 0 Å². The van der Waals surface area contributed by atoms with E-state index in [1.165, 1.54) is 0 Å². The molecule has 5 aromatic rings. The molecule has 0 aliphatic heterocycles. The van der Waals surface area contributed by atoms with E-state index >= 15 is 0 Å². The topological polar surface area (TPSA) is 96.0 Å². The van der Waals surface area contributed by atoms with E-state index in [1.54, 1.807) is 4.68 Å². The molecule has 0 spiro atoms. The molecule has 31 heavy (non-hydrogen) atoms. The molecule has 0 aliphatic carbocycles. The number of rotatable bonds is 6. The fourth-order valence-electron chi connectivity index (χ4n) is 3.89. The van der Waals surface area contributed by atoms with Crippen LogP contribution in [-0.2, 0) is 17.9 Å². The number of nitrogens with zero attached hydrogens (tertiary/aromatic N) is 6. The Bertz CT molecular complexity index is 1430. The van der Waals surface area contributed by atoms with Gasteiger partial charge in [-0.05, 0) is 48.9 Å². The van der Waals surface area contributed by atoms with E-state index in [4.69, 9.17) is 17.3 Å². The monoisotopic (exact) mass is 433 g/mol. The third-order valence-corrected chi connectivity index (χ3v) is 5.55. The SMILES string of the molecule is Cc1nnc2ccc3c(cc(-c4ccn(CCC(N)=O)n4)n3Cc3cccc(Cl)c3)n12. The molecule has 0 aliphatic rings. The van der Waals surface area contributed by atoms with E-state index in [-0.39, 0.29) is 12.3 Å². The Labute approximate surface area is 182 Å². The molecular weight excluding hydrogens is 414 g/mol. The van der Waals surface area contributed by atoms with Crippen molar-refractivity contribution < 1.29 is 4.79 Å². The highest BCUT2D eigenvalue weighted by Crippen LogP contribution is 2.30. The molecule has 9 heteroatoms. The van der Waals surface area contributed by atoms with Crippen LogP contribution in [0.4, 0.5) is 0 Å². The normalized spacial score (nSPS) is 11.5. The Kier molecular flexibility index (Phi) is 4.71. The van der Waals surface area contributed by atoms with Gasteiger partial charge in [0.15, 0.2) is 5.65 Å². The molecule has 0 fully saturated rings. The number of aromatic nitrogens is 6. The zero-order chi connectivity index (χ0) is 21.5. The first-order valence-corrected chi connectivity index (χ1v) is 10.3. The van der Waals surface area contributed by atoms with Gasteiger partial charge in [0.2, 0.25) is 5.91 Å². The lowest BCUT2D eigenvalue weighted by Gasteiger charge is -2.10. The van der Waals surface area contributed by atoms with Gasteiger partial charge in [-0.2, -0.15) is 5.10 Å². The highest BCUT2D eigenvalue weighted by Gasteiger charge is 2.17. The van der Waals surface area contributed by atoms with Crippen LogP contribution in [0, 0.1) is 6.92 Å². The van der Waals surface area contributed by atoms with Crippen molar-refractivity contribution in [3.8, 4) is 11.4 Å². The van der Waals surface area contributed by atoms with Gasteiger partial charge in [0.05, 0.1) is 16.7 Å². The first-order chi connectivity index (χ1) is 15.0. The fraction of sp³-hybridized carbons (Fsp3) is 0.182. The average Bonchev–Trinajstić information content (AvgIpc) is 3.44. The number of benzene rings is 1. The summed E-state index contributed by atoms with van der Waals surface area (Å²) in [6, 6.07) is 15.9. The minimum absolute atomic E-state index is 0.243. The maximum atomic E-state index is 11.1. The van der Waals surface area contributed by atoms with Crippen LogP contribution in [0.2, 0.25) is 5.02 Å². The lowest BCUT2D eigenvalue weighted by atomic mass is 10.2. The van der Waals surface area contributed by atoms with Crippen LogP contribution < -0.4 is 5.73 Å². The van der Waals surface area contributed by atoms with Crippen LogP contribution in [-0.4, -0.2) is 34.9 Å². The fourth-order valence-corrected chi connectivity index (χ4v) is 4.10. The first kappa shape index (κ1) is 19.3. The van der Waals surface area contributed by atoms with Crippen molar-refractivity contribution in [3.63, 3.8) is 0 Å². The predicted octanol–water partition coefficient (Wildman–Crippen LogP) is 3.43. The van der Waals surface area contributed by atoms with E-state index in [9.17, 15) is 4.79 Å². The summed E-state index contributed by atoms with van der Waals surface area (Å²) >= 11 is 6.22. The lowest BCUT2D eigenvalue weighted by molar-refractivity contribution is -0.118. The summed E-state index contributed by atoms with van der Waals surface area (Å²) < 4.78 is 5.99. The van der Waals surface area contributed by atoms with Crippen LogP contribution >= 0.6 is 11.6 Å². The van der Waals surface area contributed by atoms with Crippen LogP contribution in [0.15, 0.2) is 54.7 Å². The highest BCUT2D eigenvalue weighted by molar-refractivity contribution is 6.30. The van der Waals surface area contributed by atoms with Crippen molar-refractivity contribution in [2.75, 3.05) is 0 Å². The number of hydrogen-bond acceptors (Lipinski definition) is 4. The number of carbonyl (C=O) groups is 1. The quantitative estimate of drug-likeness (QED) is 0.443. The summed E-state index contributed by atoms with van der Waals surface area (Å²) in [5.74, 6) is 0.469. The molecule has 5 rings (SSSR count). The number of halogens is 1. The Morgan fingerprint density at radius 1 is 1.10 bits per heavy atom. The van der Waals surface area contributed by atoms with Gasteiger partial charge in [0.25, 0.3) is 0 Å². The second-order valence-corrected chi connectivity index (χ2v) is 7.91. The summed E-state index contributed by atoms with van der Waals surface area (Å²) in [5.41, 5.74) is 11.0. The van der Waals surface area contributed by atoms with Crippen molar-refractivity contribution in [1.82, 2.24) is 28.9 Å². The van der Waals surface area contributed by atoms with Crippen molar-refractivity contribution in [2.24, 2.45) is 5.73 Å². The third kappa shape index (κ3) is 3.55. The molecule has 4 aromatic heterocycles. The van der Waals surface area contributed by atoms with E-state index < -0.39 is 0 Å². The minimum Gasteiger partial charge on any atom is -0.370 e. The second-order valence-electron chi connectivity index (χ2n) is 7.47. The Hall–Kier alpha value is -3.65. The van der Waals surface area contributed by atoms with Crippen molar-refractivity contribution in [3.05, 3.63) is 71.1 Å². The average molecular weight is 434 g/mol. The molecule has 156 valence electrons. The molecule has 0 saturated carbocycles. The summed E-state index contributed by atoms with van der Waals surface area (Å²) in [7, 11) is 0. The van der Waals surface area contributed by atoms with Crippen molar-refractivity contribution >= 4 is 34.2 Å². The number of carbonyl (C=O) groups excluding carboxylic acids is 1. The lowest BCUT2D eigenvalue weighted by Crippen LogP contribution is -2.14. The summed E-state index contributed by atoms with van der Waals surface area (Å²) in [6.45, 7) is 3.00. The number of primary amides is 1. The van der Waals surface area contributed by atoms with E-state index in [2.05, 4.69) is 38.1 Å².